The summed E-state index contributed by atoms with van der Waals surface area (Å²) >= 11 is 1.90. The summed E-state index contributed by atoms with van der Waals surface area (Å²) in [5, 5.41) is 5.66. The van der Waals surface area contributed by atoms with Gasteiger partial charge in [-0.3, -0.25) is 4.90 Å². The minimum atomic E-state index is 0.556. The SMILES string of the molecule is CC1c2ccsc2CCN1CCNCc1ccco1. The van der Waals surface area contributed by atoms with Crippen LogP contribution in [-0.4, -0.2) is 24.5 Å². The second-order valence-electron chi connectivity index (χ2n) is 5.02. The highest BCUT2D eigenvalue weighted by Crippen LogP contribution is 2.32. The number of thiophene rings is 1. The van der Waals surface area contributed by atoms with Crippen LogP contribution in [0.15, 0.2) is 34.3 Å². The minimum Gasteiger partial charge on any atom is -0.468 e. The Hall–Kier alpha value is -1.10. The zero-order valence-corrected chi connectivity index (χ0v) is 12.1. The predicted octanol–water partition coefficient (Wildman–Crippen LogP) is 3.05. The third kappa shape index (κ3) is 2.91. The van der Waals surface area contributed by atoms with E-state index in [4.69, 9.17) is 4.42 Å². The van der Waals surface area contributed by atoms with Crippen LogP contribution in [0.3, 0.4) is 0 Å². The number of hydrogen-bond donors (Lipinski definition) is 1. The van der Waals surface area contributed by atoms with Gasteiger partial charge in [0.25, 0.3) is 0 Å². The molecule has 0 saturated carbocycles. The summed E-state index contributed by atoms with van der Waals surface area (Å²) in [5.41, 5.74) is 1.53. The molecule has 2 aromatic heterocycles. The van der Waals surface area contributed by atoms with Crippen LogP contribution in [0.1, 0.15) is 29.2 Å². The van der Waals surface area contributed by atoms with E-state index < -0.39 is 0 Å². The van der Waals surface area contributed by atoms with Crippen LogP contribution in [-0.2, 0) is 13.0 Å². The van der Waals surface area contributed by atoms with Crippen molar-refractivity contribution in [3.05, 3.63) is 46.0 Å². The van der Waals surface area contributed by atoms with Crippen LogP contribution in [0.2, 0.25) is 0 Å². The van der Waals surface area contributed by atoms with E-state index in [9.17, 15) is 0 Å². The van der Waals surface area contributed by atoms with Crippen molar-refractivity contribution >= 4 is 11.3 Å². The predicted molar refractivity (Wildman–Crippen MR) is 78.4 cm³/mol. The van der Waals surface area contributed by atoms with Crippen molar-refractivity contribution in [2.24, 2.45) is 0 Å². The van der Waals surface area contributed by atoms with E-state index >= 15 is 0 Å². The molecule has 2 aromatic rings. The van der Waals surface area contributed by atoms with Crippen molar-refractivity contribution in [1.82, 2.24) is 10.2 Å². The molecule has 1 aliphatic heterocycles. The summed E-state index contributed by atoms with van der Waals surface area (Å²) in [6, 6.07) is 6.78. The average molecular weight is 276 g/mol. The van der Waals surface area contributed by atoms with E-state index in [2.05, 4.69) is 28.6 Å². The second-order valence-corrected chi connectivity index (χ2v) is 6.02. The van der Waals surface area contributed by atoms with E-state index in [1.807, 2.05) is 23.5 Å². The van der Waals surface area contributed by atoms with Crippen molar-refractivity contribution in [3.63, 3.8) is 0 Å². The molecule has 0 spiro atoms. The lowest BCUT2D eigenvalue weighted by Gasteiger charge is -2.33. The van der Waals surface area contributed by atoms with Crippen molar-refractivity contribution in [3.8, 4) is 0 Å². The van der Waals surface area contributed by atoms with Gasteiger partial charge in [0.2, 0.25) is 0 Å². The molecule has 0 fully saturated rings. The Morgan fingerprint density at radius 2 is 2.42 bits per heavy atom. The molecular weight excluding hydrogens is 256 g/mol. The van der Waals surface area contributed by atoms with E-state index in [-0.39, 0.29) is 0 Å². The molecule has 0 radical (unpaired) electrons. The van der Waals surface area contributed by atoms with Crippen LogP contribution in [0.25, 0.3) is 0 Å². The van der Waals surface area contributed by atoms with E-state index in [1.165, 1.54) is 18.5 Å². The number of rotatable bonds is 5. The van der Waals surface area contributed by atoms with E-state index in [0.29, 0.717) is 6.04 Å². The Morgan fingerprint density at radius 3 is 3.26 bits per heavy atom. The van der Waals surface area contributed by atoms with Gasteiger partial charge in [-0.2, -0.15) is 0 Å². The van der Waals surface area contributed by atoms with Crippen LogP contribution in [0, 0.1) is 0 Å². The molecule has 1 aliphatic rings. The fourth-order valence-corrected chi connectivity index (χ4v) is 3.68. The quantitative estimate of drug-likeness (QED) is 0.851. The monoisotopic (exact) mass is 276 g/mol. The smallest absolute Gasteiger partial charge is 0.117 e. The molecular formula is C15H20N2OS. The lowest BCUT2D eigenvalue weighted by atomic mass is 10.0. The maximum absolute atomic E-state index is 5.31. The van der Waals surface area contributed by atoms with Gasteiger partial charge in [0, 0.05) is 30.6 Å². The maximum Gasteiger partial charge on any atom is 0.117 e. The fraction of sp³-hybridized carbons (Fsp3) is 0.467. The number of hydrogen-bond acceptors (Lipinski definition) is 4. The summed E-state index contributed by atoms with van der Waals surface area (Å²) in [6.45, 7) is 6.41. The van der Waals surface area contributed by atoms with Gasteiger partial charge >= 0.3 is 0 Å². The van der Waals surface area contributed by atoms with Gasteiger partial charge in [-0.1, -0.05) is 0 Å². The highest BCUT2D eigenvalue weighted by molar-refractivity contribution is 7.10. The summed E-state index contributed by atoms with van der Waals surface area (Å²) in [6.07, 6.45) is 2.93. The number of furan rings is 1. The molecule has 0 saturated heterocycles. The van der Waals surface area contributed by atoms with Crippen molar-refractivity contribution < 1.29 is 4.42 Å². The van der Waals surface area contributed by atoms with Crippen molar-refractivity contribution in [1.29, 1.82) is 0 Å². The molecule has 102 valence electrons. The first-order valence-electron chi connectivity index (χ1n) is 6.88. The summed E-state index contributed by atoms with van der Waals surface area (Å²) in [5.74, 6) is 1.01. The zero-order valence-electron chi connectivity index (χ0n) is 11.3. The van der Waals surface area contributed by atoms with Gasteiger partial charge in [-0.05, 0) is 42.5 Å². The van der Waals surface area contributed by atoms with Gasteiger partial charge in [0.05, 0.1) is 12.8 Å². The summed E-state index contributed by atoms with van der Waals surface area (Å²) in [4.78, 5) is 4.14. The molecule has 0 bridgehead atoms. The highest BCUT2D eigenvalue weighted by Gasteiger charge is 2.23. The van der Waals surface area contributed by atoms with Crippen LogP contribution in [0.5, 0.6) is 0 Å². The van der Waals surface area contributed by atoms with Gasteiger partial charge < -0.3 is 9.73 Å². The molecule has 3 heterocycles. The van der Waals surface area contributed by atoms with E-state index in [1.54, 1.807) is 11.1 Å². The normalized spacial score (nSPS) is 19.5. The molecule has 3 rings (SSSR count). The van der Waals surface area contributed by atoms with Crippen LogP contribution in [0.4, 0.5) is 0 Å². The van der Waals surface area contributed by atoms with Gasteiger partial charge in [0.1, 0.15) is 5.76 Å². The summed E-state index contributed by atoms with van der Waals surface area (Å²) in [7, 11) is 0. The minimum absolute atomic E-state index is 0.556. The summed E-state index contributed by atoms with van der Waals surface area (Å²) < 4.78 is 5.31. The lowest BCUT2D eigenvalue weighted by Crippen LogP contribution is -2.37. The first kappa shape index (κ1) is 12.9. The van der Waals surface area contributed by atoms with Crippen LogP contribution < -0.4 is 5.32 Å². The molecule has 4 heteroatoms. The Kier molecular flexibility index (Phi) is 4.01. The molecule has 1 N–H and O–H groups in total. The van der Waals surface area contributed by atoms with Crippen molar-refractivity contribution in [2.75, 3.05) is 19.6 Å². The highest BCUT2D eigenvalue weighted by atomic mass is 32.1. The fourth-order valence-electron chi connectivity index (χ4n) is 2.71. The number of fused-ring (bicyclic) bond motifs is 1. The lowest BCUT2D eigenvalue weighted by molar-refractivity contribution is 0.200. The molecule has 0 aliphatic carbocycles. The van der Waals surface area contributed by atoms with Gasteiger partial charge in [-0.25, -0.2) is 0 Å². The first-order valence-corrected chi connectivity index (χ1v) is 7.76. The molecule has 19 heavy (non-hydrogen) atoms. The topological polar surface area (TPSA) is 28.4 Å². The average Bonchev–Trinajstić information content (AvgIpc) is 3.08. The molecule has 3 nitrogen and oxygen atoms in total. The standard InChI is InChI=1S/C15H20N2OS/c1-12-14-5-10-19-15(14)4-7-17(12)8-6-16-11-13-3-2-9-18-13/h2-3,5,9-10,12,16H,4,6-8,11H2,1H3. The molecule has 1 atom stereocenters. The molecule has 0 amide bonds. The zero-order chi connectivity index (χ0) is 13.1. The van der Waals surface area contributed by atoms with Crippen molar-refractivity contribution in [2.45, 2.75) is 25.9 Å². The van der Waals surface area contributed by atoms with Crippen LogP contribution >= 0.6 is 11.3 Å². The Bertz CT molecular complexity index is 506. The van der Waals surface area contributed by atoms with E-state index in [0.717, 1.165) is 25.4 Å². The molecule has 1 unspecified atom stereocenters. The third-order valence-corrected chi connectivity index (χ3v) is 4.86. The Labute approximate surface area is 118 Å². The Balaban J connectivity index is 1.46. The largest absolute Gasteiger partial charge is 0.468 e. The number of nitrogens with one attached hydrogen (secondary N) is 1. The maximum atomic E-state index is 5.31. The molecule has 0 aromatic carbocycles. The number of nitrogens with zero attached hydrogens (tertiary/aromatic N) is 1. The third-order valence-electron chi connectivity index (χ3n) is 3.86. The van der Waals surface area contributed by atoms with Gasteiger partial charge in [-0.15, -0.1) is 11.3 Å². The Morgan fingerprint density at radius 1 is 1.47 bits per heavy atom. The first-order chi connectivity index (χ1) is 9.34. The van der Waals surface area contributed by atoms with Gasteiger partial charge in [0.15, 0.2) is 0 Å². The second kappa shape index (κ2) is 5.90.